The van der Waals surface area contributed by atoms with Gasteiger partial charge in [-0.05, 0) is 29.7 Å². The van der Waals surface area contributed by atoms with Gasteiger partial charge in [0.25, 0.3) is 5.91 Å². The van der Waals surface area contributed by atoms with Crippen molar-refractivity contribution in [1.82, 2.24) is 13.8 Å². The molecule has 0 spiro atoms. The Balaban J connectivity index is 1.62. The molecule has 0 atom stereocenters. The minimum atomic E-state index is -3.76. The maximum Gasteiger partial charge on any atom is 0.265 e. The van der Waals surface area contributed by atoms with Crippen molar-refractivity contribution in [2.45, 2.75) is 18.2 Å². The number of hydrogen-bond acceptors (Lipinski definition) is 4. The quantitative estimate of drug-likeness (QED) is 0.696. The summed E-state index contributed by atoms with van der Waals surface area (Å²) in [5.41, 5.74) is 7.57. The van der Waals surface area contributed by atoms with Gasteiger partial charge in [-0.3, -0.25) is 9.59 Å². The fraction of sp³-hybridized carbons (Fsp3) is 0.333. The summed E-state index contributed by atoms with van der Waals surface area (Å²) in [4.78, 5) is 25.5. The first-order chi connectivity index (χ1) is 14.2. The molecular weight excluding hydrogens is 404 g/mol. The number of hydrogen-bond donors (Lipinski definition) is 1. The number of aromatic nitrogens is 1. The van der Waals surface area contributed by atoms with Crippen LogP contribution in [0.25, 0.3) is 6.08 Å². The van der Waals surface area contributed by atoms with Gasteiger partial charge >= 0.3 is 0 Å². The van der Waals surface area contributed by atoms with Crippen LogP contribution in [0.1, 0.15) is 28.5 Å². The predicted molar refractivity (Wildman–Crippen MR) is 114 cm³/mol. The van der Waals surface area contributed by atoms with Gasteiger partial charge in [-0.25, -0.2) is 8.42 Å². The molecule has 1 fully saturated rings. The Morgan fingerprint density at radius 2 is 1.73 bits per heavy atom. The molecule has 0 unspecified atom stereocenters. The van der Waals surface area contributed by atoms with Crippen molar-refractivity contribution < 1.29 is 18.0 Å². The molecule has 0 aliphatic carbocycles. The third kappa shape index (κ3) is 4.63. The summed E-state index contributed by atoms with van der Waals surface area (Å²) in [5, 5.41) is 0. The van der Waals surface area contributed by atoms with Crippen molar-refractivity contribution in [3.05, 3.63) is 59.4 Å². The second-order valence-corrected chi connectivity index (χ2v) is 9.13. The lowest BCUT2D eigenvalue weighted by Gasteiger charge is -2.33. The normalized spacial score (nSPS) is 15.6. The number of nitrogens with zero attached hydrogens (tertiary/aromatic N) is 3. The largest absolute Gasteiger partial charge is 0.364 e. The van der Waals surface area contributed by atoms with Crippen LogP contribution < -0.4 is 5.73 Å². The molecule has 2 heterocycles. The highest BCUT2D eigenvalue weighted by molar-refractivity contribution is 7.89. The SMILES string of the molecule is CCc1ccc(/C=C/C(=O)N2CCN(S(=O)(=O)c3cc(C(N)=O)n(C)c3)CC2)cc1. The number of amides is 2. The zero-order chi connectivity index (χ0) is 21.9. The third-order valence-electron chi connectivity index (χ3n) is 5.23. The number of carbonyl (C=O) groups excluding carboxylic acids is 2. The molecule has 1 aromatic carbocycles. The van der Waals surface area contributed by atoms with Gasteiger partial charge in [0.15, 0.2) is 0 Å². The van der Waals surface area contributed by atoms with E-state index >= 15 is 0 Å². The van der Waals surface area contributed by atoms with Gasteiger partial charge in [0.05, 0.1) is 0 Å². The first-order valence-electron chi connectivity index (χ1n) is 9.74. The van der Waals surface area contributed by atoms with Crippen molar-refractivity contribution in [3.63, 3.8) is 0 Å². The fourth-order valence-corrected chi connectivity index (χ4v) is 4.85. The molecule has 1 aliphatic rings. The van der Waals surface area contributed by atoms with Gasteiger partial charge in [-0.2, -0.15) is 4.31 Å². The summed E-state index contributed by atoms with van der Waals surface area (Å²) in [5.74, 6) is -0.840. The van der Waals surface area contributed by atoms with Gasteiger partial charge in [0, 0.05) is 45.5 Å². The fourth-order valence-electron chi connectivity index (χ4n) is 3.36. The molecule has 8 nitrogen and oxygen atoms in total. The first kappa shape index (κ1) is 21.8. The number of carbonyl (C=O) groups is 2. The highest BCUT2D eigenvalue weighted by atomic mass is 32.2. The van der Waals surface area contributed by atoms with E-state index in [1.54, 1.807) is 18.0 Å². The van der Waals surface area contributed by atoms with Crippen molar-refractivity contribution in [1.29, 1.82) is 0 Å². The van der Waals surface area contributed by atoms with Crippen molar-refractivity contribution in [2.24, 2.45) is 12.8 Å². The van der Waals surface area contributed by atoms with E-state index in [1.165, 1.54) is 32.8 Å². The minimum absolute atomic E-state index is 0.0222. The van der Waals surface area contributed by atoms with E-state index in [0.717, 1.165) is 12.0 Å². The highest BCUT2D eigenvalue weighted by Gasteiger charge is 2.31. The third-order valence-corrected chi connectivity index (χ3v) is 7.09. The smallest absolute Gasteiger partial charge is 0.265 e. The molecule has 3 rings (SSSR count). The van der Waals surface area contributed by atoms with Crippen molar-refractivity contribution >= 4 is 27.9 Å². The molecule has 2 amide bonds. The summed E-state index contributed by atoms with van der Waals surface area (Å²) in [6.45, 7) is 3.06. The number of piperazine rings is 1. The van der Waals surface area contributed by atoms with Crippen LogP contribution >= 0.6 is 0 Å². The number of aryl methyl sites for hydroxylation is 2. The average Bonchev–Trinajstić information content (AvgIpc) is 3.15. The van der Waals surface area contributed by atoms with Crippen molar-refractivity contribution in [2.75, 3.05) is 26.2 Å². The van der Waals surface area contributed by atoms with E-state index in [-0.39, 0.29) is 29.6 Å². The zero-order valence-electron chi connectivity index (χ0n) is 17.1. The van der Waals surface area contributed by atoms with E-state index in [0.29, 0.717) is 13.1 Å². The molecule has 0 radical (unpaired) electrons. The molecule has 9 heteroatoms. The molecule has 1 saturated heterocycles. The molecule has 0 bridgehead atoms. The number of rotatable bonds is 6. The summed E-state index contributed by atoms with van der Waals surface area (Å²) in [6.07, 6.45) is 5.62. The first-order valence-corrected chi connectivity index (χ1v) is 11.2. The highest BCUT2D eigenvalue weighted by Crippen LogP contribution is 2.20. The van der Waals surface area contributed by atoms with Crippen LogP contribution in [0.3, 0.4) is 0 Å². The van der Waals surface area contributed by atoms with Crippen LogP contribution in [-0.4, -0.2) is 60.2 Å². The van der Waals surface area contributed by atoms with E-state index < -0.39 is 15.9 Å². The average molecular weight is 431 g/mol. The van der Waals surface area contributed by atoms with E-state index in [4.69, 9.17) is 5.73 Å². The zero-order valence-corrected chi connectivity index (χ0v) is 17.9. The number of benzene rings is 1. The van der Waals surface area contributed by atoms with Gasteiger partial charge in [0.1, 0.15) is 10.6 Å². The lowest BCUT2D eigenvalue weighted by Crippen LogP contribution is -2.50. The Bertz CT molecular complexity index is 1060. The Morgan fingerprint density at radius 1 is 1.10 bits per heavy atom. The molecular formula is C21H26N4O4S. The standard InChI is InChI=1S/C21H26N4O4S/c1-3-16-4-6-17(7-5-16)8-9-20(26)24-10-12-25(13-11-24)30(28,29)18-14-19(21(22)27)23(2)15-18/h4-9,14-15H,3,10-13H2,1-2H3,(H2,22,27)/b9-8+. The Morgan fingerprint density at radius 3 is 2.27 bits per heavy atom. The van der Waals surface area contributed by atoms with Gasteiger partial charge in [-0.1, -0.05) is 31.2 Å². The maximum absolute atomic E-state index is 12.9. The van der Waals surface area contributed by atoms with E-state index in [9.17, 15) is 18.0 Å². The predicted octanol–water partition coefficient (Wildman–Crippen LogP) is 1.23. The lowest BCUT2D eigenvalue weighted by atomic mass is 10.1. The maximum atomic E-state index is 12.9. The number of sulfonamides is 1. The monoisotopic (exact) mass is 430 g/mol. The van der Waals surface area contributed by atoms with Crippen molar-refractivity contribution in [3.8, 4) is 0 Å². The molecule has 30 heavy (non-hydrogen) atoms. The Kier molecular flexibility index (Phi) is 6.42. The van der Waals surface area contributed by atoms with Crippen LogP contribution in [-0.2, 0) is 28.3 Å². The second-order valence-electron chi connectivity index (χ2n) is 7.19. The number of nitrogens with two attached hydrogens (primary N) is 1. The molecule has 0 saturated carbocycles. The Hall–Kier alpha value is -2.91. The molecule has 1 aliphatic heterocycles. The summed E-state index contributed by atoms with van der Waals surface area (Å²) >= 11 is 0. The van der Waals surface area contributed by atoms with E-state index in [2.05, 4.69) is 6.92 Å². The van der Waals surface area contributed by atoms with Crippen LogP contribution in [0.2, 0.25) is 0 Å². The molecule has 2 aromatic rings. The van der Waals surface area contributed by atoms with Gasteiger partial charge in [0.2, 0.25) is 15.9 Å². The lowest BCUT2D eigenvalue weighted by molar-refractivity contribution is -0.127. The Labute approximate surface area is 176 Å². The molecule has 1 aromatic heterocycles. The van der Waals surface area contributed by atoms with Gasteiger partial charge in [-0.15, -0.1) is 0 Å². The van der Waals surface area contributed by atoms with Crippen LogP contribution in [0.4, 0.5) is 0 Å². The topological polar surface area (TPSA) is 106 Å². The molecule has 2 N–H and O–H groups in total. The second kappa shape index (κ2) is 8.85. The van der Waals surface area contributed by atoms with E-state index in [1.807, 2.05) is 24.3 Å². The van der Waals surface area contributed by atoms with Crippen LogP contribution in [0, 0.1) is 0 Å². The summed E-state index contributed by atoms with van der Waals surface area (Å²) in [7, 11) is -2.19. The van der Waals surface area contributed by atoms with Crippen LogP contribution in [0.5, 0.6) is 0 Å². The summed E-state index contributed by atoms with van der Waals surface area (Å²) in [6, 6.07) is 9.27. The number of primary amides is 1. The molecule has 160 valence electrons. The summed E-state index contributed by atoms with van der Waals surface area (Å²) < 4.78 is 28.4. The minimum Gasteiger partial charge on any atom is -0.364 e. The van der Waals surface area contributed by atoms with Crippen LogP contribution in [0.15, 0.2) is 47.5 Å². The van der Waals surface area contributed by atoms with Gasteiger partial charge < -0.3 is 15.2 Å².